The van der Waals surface area contributed by atoms with Crippen molar-refractivity contribution in [2.24, 2.45) is 0 Å². The summed E-state index contributed by atoms with van der Waals surface area (Å²) in [5, 5.41) is 6.91. The van der Waals surface area contributed by atoms with Gasteiger partial charge in [-0.2, -0.15) is 0 Å². The van der Waals surface area contributed by atoms with Crippen LogP contribution in [0.4, 0.5) is 0 Å². The zero-order chi connectivity index (χ0) is 11.4. The van der Waals surface area contributed by atoms with Crippen LogP contribution >= 0.6 is 0 Å². The van der Waals surface area contributed by atoms with Crippen molar-refractivity contribution in [2.75, 3.05) is 26.2 Å². The zero-order valence-corrected chi connectivity index (χ0v) is 10.7. The van der Waals surface area contributed by atoms with Gasteiger partial charge in [0.1, 0.15) is 0 Å². The Morgan fingerprint density at radius 2 is 2.00 bits per heavy atom. The van der Waals surface area contributed by atoms with Crippen molar-refractivity contribution in [3.8, 4) is 0 Å². The molecule has 1 atom stereocenters. The van der Waals surface area contributed by atoms with Gasteiger partial charge in [0.2, 0.25) is 0 Å². The summed E-state index contributed by atoms with van der Waals surface area (Å²) in [7, 11) is 0. The lowest BCUT2D eigenvalue weighted by Crippen LogP contribution is -2.43. The molecule has 1 saturated heterocycles. The van der Waals surface area contributed by atoms with E-state index in [1.807, 2.05) is 0 Å². The van der Waals surface area contributed by atoms with E-state index >= 15 is 0 Å². The third-order valence-electron chi connectivity index (χ3n) is 2.76. The highest BCUT2D eigenvalue weighted by Crippen LogP contribution is 2.23. The highest BCUT2D eigenvalue weighted by molar-refractivity contribution is 4.82. The average Bonchev–Trinajstić information content (AvgIpc) is 2.50. The van der Waals surface area contributed by atoms with E-state index in [0.29, 0.717) is 0 Å². The summed E-state index contributed by atoms with van der Waals surface area (Å²) >= 11 is 0. The first kappa shape index (κ1) is 12.9. The number of hydrogen-bond donors (Lipinski definition) is 2. The highest BCUT2D eigenvalue weighted by Gasteiger charge is 2.28. The highest BCUT2D eigenvalue weighted by atomic mass is 16.5. The molecular weight excluding hydrogens is 188 g/mol. The summed E-state index contributed by atoms with van der Waals surface area (Å²) in [6.07, 6.45) is 2.39. The van der Waals surface area contributed by atoms with Crippen LogP contribution < -0.4 is 10.6 Å². The summed E-state index contributed by atoms with van der Waals surface area (Å²) in [5.74, 6) is 0. The van der Waals surface area contributed by atoms with Gasteiger partial charge in [0.05, 0.1) is 5.60 Å². The second-order valence-corrected chi connectivity index (χ2v) is 5.76. The maximum Gasteiger partial charge on any atom is 0.0779 e. The Labute approximate surface area is 94.0 Å². The van der Waals surface area contributed by atoms with E-state index in [4.69, 9.17) is 4.74 Å². The molecule has 0 radical (unpaired) electrons. The van der Waals surface area contributed by atoms with E-state index in [-0.39, 0.29) is 11.1 Å². The predicted molar refractivity (Wildman–Crippen MR) is 64.2 cm³/mol. The van der Waals surface area contributed by atoms with E-state index in [1.165, 1.54) is 12.8 Å². The largest absolute Gasteiger partial charge is 0.374 e. The van der Waals surface area contributed by atoms with Crippen molar-refractivity contribution in [3.05, 3.63) is 0 Å². The molecule has 1 unspecified atom stereocenters. The Morgan fingerprint density at radius 1 is 1.27 bits per heavy atom. The predicted octanol–water partition coefficient (Wildman–Crippen LogP) is 1.53. The van der Waals surface area contributed by atoms with E-state index in [9.17, 15) is 0 Å². The van der Waals surface area contributed by atoms with Gasteiger partial charge in [-0.05, 0) is 40.5 Å². The standard InChI is InChI=1S/C12H26N2O/c1-11(2,3)14-8-7-13-10-12(4)6-5-9-15-12/h13-14H,5-10H2,1-4H3. The maximum atomic E-state index is 5.71. The molecule has 3 heteroatoms. The Hall–Kier alpha value is -0.120. The lowest BCUT2D eigenvalue weighted by molar-refractivity contribution is 0.0211. The topological polar surface area (TPSA) is 33.3 Å². The van der Waals surface area contributed by atoms with E-state index < -0.39 is 0 Å². The molecule has 2 N–H and O–H groups in total. The van der Waals surface area contributed by atoms with Crippen LogP contribution in [0.5, 0.6) is 0 Å². The molecule has 0 bridgehead atoms. The van der Waals surface area contributed by atoms with Crippen LogP contribution in [0.2, 0.25) is 0 Å². The molecule has 0 aromatic carbocycles. The van der Waals surface area contributed by atoms with Gasteiger partial charge >= 0.3 is 0 Å². The van der Waals surface area contributed by atoms with Crippen molar-refractivity contribution in [1.29, 1.82) is 0 Å². The SMILES string of the molecule is CC(C)(C)NCCNCC1(C)CCCO1. The minimum atomic E-state index is 0.0851. The molecule has 90 valence electrons. The molecule has 0 aliphatic carbocycles. The molecule has 15 heavy (non-hydrogen) atoms. The summed E-state index contributed by atoms with van der Waals surface area (Å²) in [4.78, 5) is 0. The number of rotatable bonds is 5. The Morgan fingerprint density at radius 3 is 2.53 bits per heavy atom. The lowest BCUT2D eigenvalue weighted by atomic mass is 10.0. The van der Waals surface area contributed by atoms with Crippen LogP contribution in [0.25, 0.3) is 0 Å². The molecule has 0 aromatic rings. The summed E-state index contributed by atoms with van der Waals surface area (Å²) < 4.78 is 5.71. The number of nitrogens with one attached hydrogen (secondary N) is 2. The zero-order valence-electron chi connectivity index (χ0n) is 10.7. The molecule has 1 aliphatic heterocycles. The first-order valence-electron chi connectivity index (χ1n) is 6.01. The van der Waals surface area contributed by atoms with Gasteiger partial charge in [-0.1, -0.05) is 0 Å². The minimum absolute atomic E-state index is 0.0851. The fourth-order valence-corrected chi connectivity index (χ4v) is 1.85. The van der Waals surface area contributed by atoms with E-state index in [2.05, 4.69) is 38.3 Å². The van der Waals surface area contributed by atoms with Gasteiger partial charge in [-0.15, -0.1) is 0 Å². The third kappa shape index (κ3) is 5.50. The second kappa shape index (κ2) is 5.28. The van der Waals surface area contributed by atoms with Crippen LogP contribution in [-0.4, -0.2) is 37.4 Å². The molecule has 0 aromatic heterocycles. The normalized spacial score (nSPS) is 27.2. The van der Waals surface area contributed by atoms with Crippen LogP contribution in [0.3, 0.4) is 0 Å². The second-order valence-electron chi connectivity index (χ2n) is 5.76. The molecule has 3 nitrogen and oxygen atoms in total. The molecule has 1 aliphatic rings. The molecule has 0 saturated carbocycles. The first-order chi connectivity index (χ1) is 6.91. The van der Waals surface area contributed by atoms with Gasteiger partial charge in [-0.25, -0.2) is 0 Å². The smallest absolute Gasteiger partial charge is 0.0779 e. The quantitative estimate of drug-likeness (QED) is 0.681. The summed E-state index contributed by atoms with van der Waals surface area (Å²) in [6.45, 7) is 12.7. The molecule has 1 heterocycles. The van der Waals surface area contributed by atoms with Gasteiger partial charge in [-0.3, -0.25) is 0 Å². The minimum Gasteiger partial charge on any atom is -0.374 e. The molecule has 0 amide bonds. The Bertz CT molecular complexity index is 181. The number of ether oxygens (including phenoxy) is 1. The van der Waals surface area contributed by atoms with Crippen molar-refractivity contribution >= 4 is 0 Å². The van der Waals surface area contributed by atoms with Gasteiger partial charge in [0.25, 0.3) is 0 Å². The summed E-state index contributed by atoms with van der Waals surface area (Å²) in [6, 6.07) is 0. The molecule has 1 fully saturated rings. The molecular formula is C12H26N2O. The van der Waals surface area contributed by atoms with Crippen molar-refractivity contribution in [2.45, 2.75) is 51.7 Å². The van der Waals surface area contributed by atoms with Crippen molar-refractivity contribution in [1.82, 2.24) is 10.6 Å². The van der Waals surface area contributed by atoms with Crippen LogP contribution in [-0.2, 0) is 4.74 Å². The van der Waals surface area contributed by atoms with Crippen LogP contribution in [0.15, 0.2) is 0 Å². The summed E-state index contributed by atoms with van der Waals surface area (Å²) in [5.41, 5.74) is 0.303. The van der Waals surface area contributed by atoms with Crippen LogP contribution in [0.1, 0.15) is 40.5 Å². The average molecular weight is 214 g/mol. The van der Waals surface area contributed by atoms with Gasteiger partial charge < -0.3 is 15.4 Å². The number of hydrogen-bond acceptors (Lipinski definition) is 3. The van der Waals surface area contributed by atoms with E-state index in [1.54, 1.807) is 0 Å². The Kier molecular flexibility index (Phi) is 4.56. The van der Waals surface area contributed by atoms with Crippen molar-refractivity contribution in [3.63, 3.8) is 0 Å². The fraction of sp³-hybridized carbons (Fsp3) is 1.00. The Balaban J connectivity index is 2.02. The maximum absolute atomic E-state index is 5.71. The third-order valence-corrected chi connectivity index (χ3v) is 2.76. The van der Waals surface area contributed by atoms with Gasteiger partial charge in [0, 0.05) is 31.8 Å². The fourth-order valence-electron chi connectivity index (χ4n) is 1.85. The monoisotopic (exact) mass is 214 g/mol. The molecule has 1 rings (SSSR count). The molecule has 0 spiro atoms. The van der Waals surface area contributed by atoms with Crippen LogP contribution in [0, 0.1) is 0 Å². The van der Waals surface area contributed by atoms with Gasteiger partial charge in [0.15, 0.2) is 0 Å². The first-order valence-corrected chi connectivity index (χ1v) is 6.01. The van der Waals surface area contributed by atoms with Crippen molar-refractivity contribution < 1.29 is 4.74 Å². The van der Waals surface area contributed by atoms with E-state index in [0.717, 1.165) is 26.2 Å². The lowest BCUT2D eigenvalue weighted by Gasteiger charge is -2.25.